The van der Waals surface area contributed by atoms with Crippen molar-refractivity contribution in [2.45, 2.75) is 70.8 Å². The summed E-state index contributed by atoms with van der Waals surface area (Å²) in [5.41, 5.74) is 6.45. The number of rotatable bonds is 5. The van der Waals surface area contributed by atoms with Gasteiger partial charge in [-0.25, -0.2) is 0 Å². The Balaban J connectivity index is 2.69. The largest absolute Gasteiger partial charge is 0.329 e. The number of hydrogen-bond acceptors (Lipinski definition) is 2. The molecule has 0 bridgehead atoms. The van der Waals surface area contributed by atoms with E-state index in [1.807, 2.05) is 0 Å². The minimum atomic E-state index is 0.325. The molecule has 0 atom stereocenters. The summed E-state index contributed by atoms with van der Waals surface area (Å²) in [4.78, 5) is 2.65. The Bertz CT molecular complexity index is 172. The second-order valence-electron chi connectivity index (χ2n) is 5.28. The maximum absolute atomic E-state index is 6.12. The summed E-state index contributed by atoms with van der Waals surface area (Å²) in [6.45, 7) is 7.78. The van der Waals surface area contributed by atoms with Crippen molar-refractivity contribution in [3.63, 3.8) is 0 Å². The molecule has 1 rings (SSSR count). The van der Waals surface area contributed by atoms with Crippen LogP contribution in [0.1, 0.15) is 65.2 Å². The third-order valence-electron chi connectivity index (χ3n) is 4.21. The zero-order valence-electron chi connectivity index (χ0n) is 11.3. The van der Waals surface area contributed by atoms with Crippen LogP contribution in [0, 0.1) is 0 Å². The SMILES string of the molecule is CCCN(CC)C1(CN)CCCCCCC1. The lowest BCUT2D eigenvalue weighted by Gasteiger charge is -2.44. The highest BCUT2D eigenvalue weighted by Crippen LogP contribution is 2.31. The van der Waals surface area contributed by atoms with Gasteiger partial charge in [-0.3, -0.25) is 4.90 Å². The first kappa shape index (κ1) is 14.0. The molecule has 0 aromatic rings. The van der Waals surface area contributed by atoms with E-state index in [4.69, 9.17) is 5.73 Å². The van der Waals surface area contributed by atoms with Crippen LogP contribution in [0.4, 0.5) is 0 Å². The third-order valence-corrected chi connectivity index (χ3v) is 4.21. The fraction of sp³-hybridized carbons (Fsp3) is 1.00. The highest BCUT2D eigenvalue weighted by atomic mass is 15.2. The fourth-order valence-electron chi connectivity index (χ4n) is 3.21. The molecule has 0 aromatic carbocycles. The summed E-state index contributed by atoms with van der Waals surface area (Å²) in [5.74, 6) is 0. The summed E-state index contributed by atoms with van der Waals surface area (Å²) in [5, 5.41) is 0. The summed E-state index contributed by atoms with van der Waals surface area (Å²) in [7, 11) is 0. The van der Waals surface area contributed by atoms with Gasteiger partial charge in [-0.15, -0.1) is 0 Å². The molecule has 1 saturated carbocycles. The number of nitrogens with zero attached hydrogens (tertiary/aromatic N) is 1. The Labute approximate surface area is 102 Å². The normalized spacial score (nSPS) is 21.8. The second-order valence-corrected chi connectivity index (χ2v) is 5.28. The van der Waals surface area contributed by atoms with Crippen LogP contribution in [0.2, 0.25) is 0 Å². The Morgan fingerprint density at radius 1 is 1.00 bits per heavy atom. The number of hydrogen-bond donors (Lipinski definition) is 1. The first-order valence-electron chi connectivity index (χ1n) is 7.24. The molecule has 1 fully saturated rings. The van der Waals surface area contributed by atoms with Gasteiger partial charge in [0.1, 0.15) is 0 Å². The standard InChI is InChI=1S/C14H30N2/c1-3-12-16(4-2)14(13-15)10-8-6-5-7-9-11-14/h3-13,15H2,1-2H3. The number of nitrogens with two attached hydrogens (primary N) is 1. The van der Waals surface area contributed by atoms with Gasteiger partial charge in [-0.1, -0.05) is 46.0 Å². The number of likely N-dealkylation sites (N-methyl/N-ethyl adjacent to an activating group) is 1. The van der Waals surface area contributed by atoms with Gasteiger partial charge in [-0.05, 0) is 32.4 Å². The fourth-order valence-corrected chi connectivity index (χ4v) is 3.21. The molecule has 0 amide bonds. The lowest BCUT2D eigenvalue weighted by molar-refractivity contribution is 0.0718. The van der Waals surface area contributed by atoms with Gasteiger partial charge in [0, 0.05) is 12.1 Å². The predicted molar refractivity (Wildman–Crippen MR) is 71.6 cm³/mol. The molecule has 0 saturated heterocycles. The van der Waals surface area contributed by atoms with Crippen molar-refractivity contribution in [1.29, 1.82) is 0 Å². The third kappa shape index (κ3) is 3.46. The molecule has 2 N–H and O–H groups in total. The van der Waals surface area contributed by atoms with Gasteiger partial charge in [-0.2, -0.15) is 0 Å². The van der Waals surface area contributed by atoms with E-state index >= 15 is 0 Å². The van der Waals surface area contributed by atoms with E-state index in [0.29, 0.717) is 5.54 Å². The minimum Gasteiger partial charge on any atom is -0.329 e. The van der Waals surface area contributed by atoms with Crippen LogP contribution in [0.25, 0.3) is 0 Å². The van der Waals surface area contributed by atoms with Gasteiger partial charge in [0.25, 0.3) is 0 Å². The van der Waals surface area contributed by atoms with E-state index in [9.17, 15) is 0 Å². The quantitative estimate of drug-likeness (QED) is 0.780. The maximum Gasteiger partial charge on any atom is 0.0331 e. The Morgan fingerprint density at radius 2 is 1.56 bits per heavy atom. The highest BCUT2D eigenvalue weighted by Gasteiger charge is 2.33. The lowest BCUT2D eigenvalue weighted by atomic mass is 9.82. The van der Waals surface area contributed by atoms with Crippen molar-refractivity contribution in [2.75, 3.05) is 19.6 Å². The van der Waals surface area contributed by atoms with E-state index < -0.39 is 0 Å². The molecule has 2 heteroatoms. The zero-order chi connectivity index (χ0) is 11.9. The molecule has 0 heterocycles. The van der Waals surface area contributed by atoms with Crippen LogP contribution in [0.15, 0.2) is 0 Å². The van der Waals surface area contributed by atoms with Crippen molar-refractivity contribution >= 4 is 0 Å². The molecule has 0 aliphatic heterocycles. The van der Waals surface area contributed by atoms with E-state index in [-0.39, 0.29) is 0 Å². The summed E-state index contributed by atoms with van der Waals surface area (Å²) < 4.78 is 0. The molecule has 1 aliphatic carbocycles. The van der Waals surface area contributed by atoms with Crippen molar-refractivity contribution in [3.8, 4) is 0 Å². The molecular weight excluding hydrogens is 196 g/mol. The molecule has 0 radical (unpaired) electrons. The summed E-state index contributed by atoms with van der Waals surface area (Å²) in [6, 6.07) is 0. The zero-order valence-corrected chi connectivity index (χ0v) is 11.3. The Hall–Kier alpha value is -0.0800. The van der Waals surface area contributed by atoms with Crippen molar-refractivity contribution in [1.82, 2.24) is 4.90 Å². The van der Waals surface area contributed by atoms with Crippen LogP contribution < -0.4 is 5.73 Å². The monoisotopic (exact) mass is 226 g/mol. The van der Waals surface area contributed by atoms with Crippen LogP contribution in [0.5, 0.6) is 0 Å². The van der Waals surface area contributed by atoms with Gasteiger partial charge in [0.2, 0.25) is 0 Å². The lowest BCUT2D eigenvalue weighted by Crippen LogP contribution is -2.54. The maximum atomic E-state index is 6.12. The first-order chi connectivity index (χ1) is 7.79. The van der Waals surface area contributed by atoms with Crippen molar-refractivity contribution in [2.24, 2.45) is 5.73 Å². The molecular formula is C14H30N2. The van der Waals surface area contributed by atoms with Crippen LogP contribution in [-0.4, -0.2) is 30.1 Å². The van der Waals surface area contributed by atoms with E-state index in [0.717, 1.165) is 13.1 Å². The molecule has 16 heavy (non-hydrogen) atoms. The summed E-state index contributed by atoms with van der Waals surface area (Å²) >= 11 is 0. The Morgan fingerprint density at radius 3 is 2.00 bits per heavy atom. The minimum absolute atomic E-state index is 0.325. The van der Waals surface area contributed by atoms with Gasteiger partial charge in [0.15, 0.2) is 0 Å². The van der Waals surface area contributed by atoms with Crippen molar-refractivity contribution < 1.29 is 0 Å². The summed E-state index contributed by atoms with van der Waals surface area (Å²) in [6.07, 6.45) is 10.9. The first-order valence-corrected chi connectivity index (χ1v) is 7.24. The average Bonchev–Trinajstić information content (AvgIpc) is 2.27. The van der Waals surface area contributed by atoms with Crippen molar-refractivity contribution in [3.05, 3.63) is 0 Å². The molecule has 0 spiro atoms. The van der Waals surface area contributed by atoms with Gasteiger partial charge >= 0.3 is 0 Å². The van der Waals surface area contributed by atoms with E-state index in [1.54, 1.807) is 0 Å². The average molecular weight is 226 g/mol. The molecule has 1 aliphatic rings. The Kier molecular flexibility index (Phi) is 6.37. The smallest absolute Gasteiger partial charge is 0.0331 e. The second kappa shape index (κ2) is 7.29. The van der Waals surface area contributed by atoms with E-state index in [2.05, 4.69) is 18.7 Å². The van der Waals surface area contributed by atoms with Crippen LogP contribution >= 0.6 is 0 Å². The molecule has 96 valence electrons. The van der Waals surface area contributed by atoms with Crippen LogP contribution in [0.3, 0.4) is 0 Å². The van der Waals surface area contributed by atoms with Crippen LogP contribution in [-0.2, 0) is 0 Å². The molecule has 2 nitrogen and oxygen atoms in total. The molecule has 0 aromatic heterocycles. The van der Waals surface area contributed by atoms with Gasteiger partial charge in [0.05, 0.1) is 0 Å². The van der Waals surface area contributed by atoms with Gasteiger partial charge < -0.3 is 5.73 Å². The molecule has 0 unspecified atom stereocenters. The highest BCUT2D eigenvalue weighted by molar-refractivity contribution is 4.92. The topological polar surface area (TPSA) is 29.3 Å². The van der Waals surface area contributed by atoms with E-state index in [1.165, 1.54) is 57.9 Å². The predicted octanol–water partition coefficient (Wildman–Crippen LogP) is 3.16.